The Morgan fingerprint density at radius 2 is 1.85 bits per heavy atom. The molecular formula is C19H17Cl2N3O2. The Bertz CT molecular complexity index is 878. The van der Waals surface area contributed by atoms with Crippen molar-refractivity contribution in [3.05, 3.63) is 52.5 Å². The normalized spacial score (nSPS) is 36.7. The lowest BCUT2D eigenvalue weighted by Crippen LogP contribution is -2.37. The monoisotopic (exact) mass is 389 g/mol. The first-order valence-electron chi connectivity index (χ1n) is 8.72. The fourth-order valence-electron chi connectivity index (χ4n) is 4.97. The van der Waals surface area contributed by atoms with Crippen LogP contribution in [-0.4, -0.2) is 28.1 Å². The molecule has 134 valence electrons. The number of anilines is 1. The largest absolute Gasteiger partial charge is 0.373 e. The van der Waals surface area contributed by atoms with E-state index in [9.17, 15) is 4.79 Å². The first-order valence-corrected chi connectivity index (χ1v) is 9.48. The second kappa shape index (κ2) is 5.91. The summed E-state index contributed by atoms with van der Waals surface area (Å²) in [6.45, 7) is 2.25. The van der Waals surface area contributed by atoms with Crippen LogP contribution in [0.4, 0.5) is 5.69 Å². The molecule has 1 aromatic carbocycles. The summed E-state index contributed by atoms with van der Waals surface area (Å²) < 4.78 is 6.22. The minimum absolute atomic E-state index is 0.0184. The molecule has 2 aromatic rings. The number of amides is 1. The summed E-state index contributed by atoms with van der Waals surface area (Å²) in [6.07, 6.45) is 5.11. The smallest absolute Gasteiger partial charge is 0.230 e. The van der Waals surface area contributed by atoms with E-state index in [1.54, 1.807) is 30.6 Å². The summed E-state index contributed by atoms with van der Waals surface area (Å²) in [4.78, 5) is 21.4. The second-order valence-corrected chi connectivity index (χ2v) is 8.24. The molecule has 2 bridgehead atoms. The summed E-state index contributed by atoms with van der Waals surface area (Å²) in [5.74, 6) is 1.29. The quantitative estimate of drug-likeness (QED) is 0.866. The van der Waals surface area contributed by atoms with Gasteiger partial charge in [-0.1, -0.05) is 30.1 Å². The van der Waals surface area contributed by atoms with Gasteiger partial charge in [0, 0.05) is 24.0 Å². The molecule has 1 N–H and O–H groups in total. The molecule has 1 saturated carbocycles. The van der Waals surface area contributed by atoms with Crippen molar-refractivity contribution in [1.82, 2.24) is 9.97 Å². The van der Waals surface area contributed by atoms with E-state index in [2.05, 4.69) is 22.2 Å². The average Bonchev–Trinajstić information content (AvgIpc) is 3.02. The number of carbonyl (C=O) groups is 1. The highest BCUT2D eigenvalue weighted by atomic mass is 35.5. The van der Waals surface area contributed by atoms with Gasteiger partial charge in [-0.2, -0.15) is 0 Å². The highest BCUT2D eigenvalue weighted by Gasteiger charge is 2.72. The summed E-state index contributed by atoms with van der Waals surface area (Å²) in [6, 6.07) is 5.10. The zero-order valence-corrected chi connectivity index (χ0v) is 15.5. The van der Waals surface area contributed by atoms with Crippen molar-refractivity contribution in [2.75, 3.05) is 5.32 Å². The van der Waals surface area contributed by atoms with Crippen molar-refractivity contribution >= 4 is 34.8 Å². The van der Waals surface area contributed by atoms with E-state index < -0.39 is 0 Å². The van der Waals surface area contributed by atoms with Crippen LogP contribution in [0.3, 0.4) is 0 Å². The van der Waals surface area contributed by atoms with E-state index in [4.69, 9.17) is 27.9 Å². The maximum absolute atomic E-state index is 13.1. The van der Waals surface area contributed by atoms with E-state index in [1.165, 1.54) is 6.33 Å². The lowest BCUT2D eigenvalue weighted by molar-refractivity contribution is -0.122. The standard InChI is InChI=1S/C19H17Cl2N3O2/c1-8-13-14(8)18-16(15(17(13)26-18)9-5-22-7-23-6-9)19(25)24-10-2-3-11(20)12(21)4-10/h2-8,13-18H,1H3,(H,24,25)/t8-,13?,14?,15-,16-,17+,18-/m1/s1. The third-order valence-corrected chi connectivity index (χ3v) is 6.88. The van der Waals surface area contributed by atoms with Crippen LogP contribution < -0.4 is 5.32 Å². The molecule has 2 unspecified atom stereocenters. The molecule has 1 aromatic heterocycles. The Hall–Kier alpha value is -1.69. The van der Waals surface area contributed by atoms with Crippen LogP contribution >= 0.6 is 23.2 Å². The number of carbonyl (C=O) groups excluding carboxylic acids is 1. The van der Waals surface area contributed by atoms with Crippen molar-refractivity contribution < 1.29 is 9.53 Å². The zero-order valence-electron chi connectivity index (χ0n) is 14.0. The maximum Gasteiger partial charge on any atom is 0.230 e. The average molecular weight is 390 g/mol. The molecule has 5 rings (SSSR count). The second-order valence-electron chi connectivity index (χ2n) is 7.42. The Morgan fingerprint density at radius 1 is 1.12 bits per heavy atom. The number of ether oxygens (including phenoxy) is 1. The fraction of sp³-hybridized carbons (Fsp3) is 0.421. The summed E-state index contributed by atoms with van der Waals surface area (Å²) >= 11 is 12.0. The molecule has 5 nitrogen and oxygen atoms in total. The first-order chi connectivity index (χ1) is 12.6. The van der Waals surface area contributed by atoms with E-state index in [1.807, 2.05) is 0 Å². The van der Waals surface area contributed by atoms with Gasteiger partial charge in [0.1, 0.15) is 6.33 Å². The molecule has 3 fully saturated rings. The number of benzene rings is 1. The van der Waals surface area contributed by atoms with Crippen LogP contribution in [0, 0.1) is 23.7 Å². The third kappa shape index (κ3) is 2.38. The number of fused-ring (bicyclic) bond motifs is 5. The highest BCUT2D eigenvalue weighted by Crippen LogP contribution is 2.68. The Labute approximate surface area is 161 Å². The van der Waals surface area contributed by atoms with Crippen LogP contribution in [0.25, 0.3) is 0 Å². The van der Waals surface area contributed by atoms with E-state index in [0.29, 0.717) is 33.5 Å². The molecule has 26 heavy (non-hydrogen) atoms. The molecule has 2 saturated heterocycles. The van der Waals surface area contributed by atoms with Crippen molar-refractivity contribution in [2.45, 2.75) is 25.0 Å². The maximum atomic E-state index is 13.1. The summed E-state index contributed by atoms with van der Waals surface area (Å²) in [5.41, 5.74) is 1.60. The van der Waals surface area contributed by atoms with Crippen molar-refractivity contribution in [2.24, 2.45) is 23.7 Å². The molecule has 1 aliphatic carbocycles. The number of rotatable bonds is 3. The van der Waals surface area contributed by atoms with Gasteiger partial charge in [0.2, 0.25) is 5.91 Å². The lowest BCUT2D eigenvalue weighted by Gasteiger charge is -2.26. The summed E-state index contributed by atoms with van der Waals surface area (Å²) in [7, 11) is 0. The number of hydrogen-bond acceptors (Lipinski definition) is 4. The SMILES string of the molecule is C[C@H]1C2C1[C@@H]1O[C@H]2[C@H](C(=O)Nc2ccc(Cl)c(Cl)c2)[C@H]1c1cncnc1. The molecule has 7 heteroatoms. The molecule has 0 spiro atoms. The number of hydrogen-bond donors (Lipinski definition) is 1. The van der Waals surface area contributed by atoms with Gasteiger partial charge in [-0.15, -0.1) is 0 Å². The van der Waals surface area contributed by atoms with Gasteiger partial charge >= 0.3 is 0 Å². The first kappa shape index (κ1) is 16.5. The predicted octanol–water partition coefficient (Wildman–Crippen LogP) is 3.79. The van der Waals surface area contributed by atoms with Crippen LogP contribution in [0.15, 0.2) is 36.9 Å². The summed E-state index contributed by atoms with van der Waals surface area (Å²) in [5, 5.41) is 3.86. The molecule has 0 radical (unpaired) electrons. The van der Waals surface area contributed by atoms with Gasteiger partial charge in [-0.3, -0.25) is 4.79 Å². The van der Waals surface area contributed by atoms with Crippen molar-refractivity contribution in [3.63, 3.8) is 0 Å². The molecule has 1 amide bonds. The number of nitrogens with one attached hydrogen (secondary N) is 1. The van der Waals surface area contributed by atoms with Crippen LogP contribution in [-0.2, 0) is 9.53 Å². The molecule has 7 atom stereocenters. The Balaban J connectivity index is 1.45. The lowest BCUT2D eigenvalue weighted by atomic mass is 9.75. The van der Waals surface area contributed by atoms with E-state index in [0.717, 1.165) is 5.56 Å². The Kier molecular flexibility index (Phi) is 3.75. The van der Waals surface area contributed by atoms with E-state index >= 15 is 0 Å². The molecule has 3 heterocycles. The molecular weight excluding hydrogens is 373 g/mol. The van der Waals surface area contributed by atoms with E-state index in [-0.39, 0.29) is 30.0 Å². The van der Waals surface area contributed by atoms with Crippen molar-refractivity contribution in [1.29, 1.82) is 0 Å². The van der Waals surface area contributed by atoms with Crippen molar-refractivity contribution in [3.8, 4) is 0 Å². The molecule has 3 aliphatic rings. The van der Waals surface area contributed by atoms with Crippen LogP contribution in [0.2, 0.25) is 10.0 Å². The van der Waals surface area contributed by atoms with Crippen LogP contribution in [0.5, 0.6) is 0 Å². The van der Waals surface area contributed by atoms with Gasteiger partial charge in [0.25, 0.3) is 0 Å². The minimum Gasteiger partial charge on any atom is -0.373 e. The topological polar surface area (TPSA) is 64.1 Å². The minimum atomic E-state index is -0.258. The predicted molar refractivity (Wildman–Crippen MR) is 98.2 cm³/mol. The number of halogens is 2. The van der Waals surface area contributed by atoms with Gasteiger partial charge in [0.15, 0.2) is 0 Å². The van der Waals surface area contributed by atoms with Gasteiger partial charge in [0.05, 0.1) is 28.2 Å². The highest BCUT2D eigenvalue weighted by molar-refractivity contribution is 6.42. The van der Waals surface area contributed by atoms with Gasteiger partial charge < -0.3 is 10.1 Å². The number of nitrogens with zero attached hydrogens (tertiary/aromatic N) is 2. The van der Waals surface area contributed by atoms with Gasteiger partial charge in [-0.05, 0) is 41.5 Å². The third-order valence-electron chi connectivity index (χ3n) is 6.14. The Morgan fingerprint density at radius 3 is 2.58 bits per heavy atom. The van der Waals surface area contributed by atoms with Crippen LogP contribution in [0.1, 0.15) is 18.4 Å². The molecule has 2 aliphatic heterocycles. The fourth-order valence-corrected chi connectivity index (χ4v) is 5.27. The number of aromatic nitrogens is 2. The zero-order chi connectivity index (χ0) is 18.0. The van der Waals surface area contributed by atoms with Gasteiger partial charge in [-0.25, -0.2) is 9.97 Å².